The van der Waals surface area contributed by atoms with Gasteiger partial charge in [-0.05, 0) is 48.7 Å². The van der Waals surface area contributed by atoms with Gasteiger partial charge < -0.3 is 10.2 Å². The number of amides is 2. The normalized spacial score (nSPS) is 15.7. The number of carbonyl (C=O) groups excluding carboxylic acids is 2. The number of carbonyl (C=O) groups is 2. The zero-order valence-corrected chi connectivity index (χ0v) is 18.4. The summed E-state index contributed by atoms with van der Waals surface area (Å²) in [6.45, 7) is 3.67. The molecule has 0 fully saturated rings. The Morgan fingerprint density at radius 2 is 1.93 bits per heavy atom. The average Bonchev–Trinajstić information content (AvgIpc) is 3.02. The molecule has 0 bridgehead atoms. The van der Waals surface area contributed by atoms with Crippen LogP contribution in [-0.2, 0) is 32.6 Å². The monoisotopic (exact) mass is 449 g/mol. The summed E-state index contributed by atoms with van der Waals surface area (Å²) in [4.78, 5) is 25.6. The van der Waals surface area contributed by atoms with Gasteiger partial charge >= 0.3 is 0 Å². The van der Waals surface area contributed by atoms with Crippen LogP contribution in [0.4, 0.5) is 5.69 Å². The number of hydrogen-bond donors (Lipinski definition) is 2. The number of benzene rings is 2. The van der Waals surface area contributed by atoms with Gasteiger partial charge in [-0.15, -0.1) is 0 Å². The highest BCUT2D eigenvalue weighted by molar-refractivity contribution is 7.89. The van der Waals surface area contributed by atoms with Crippen LogP contribution in [0.25, 0.3) is 0 Å². The van der Waals surface area contributed by atoms with Crippen LogP contribution in [0.5, 0.6) is 0 Å². The quantitative estimate of drug-likeness (QED) is 0.679. The fourth-order valence-corrected chi connectivity index (χ4v) is 4.85. The minimum atomic E-state index is -3.76. The van der Waals surface area contributed by atoms with Crippen molar-refractivity contribution in [2.75, 3.05) is 11.4 Å². The highest BCUT2D eigenvalue weighted by atomic mass is 35.5. The molecule has 0 saturated carbocycles. The summed E-state index contributed by atoms with van der Waals surface area (Å²) in [5, 5.41) is 3.29. The molecule has 0 saturated heterocycles. The molecular formula is C21H24ClN3O4S. The van der Waals surface area contributed by atoms with Gasteiger partial charge in [0.1, 0.15) is 0 Å². The third kappa shape index (κ3) is 5.00. The molecule has 0 spiro atoms. The molecule has 2 aromatic rings. The van der Waals surface area contributed by atoms with E-state index >= 15 is 0 Å². The Balaban J connectivity index is 1.56. The summed E-state index contributed by atoms with van der Waals surface area (Å²) in [5.41, 5.74) is 2.35. The minimum Gasteiger partial charge on any atom is -0.352 e. The number of fused-ring (bicyclic) bond motifs is 1. The first kappa shape index (κ1) is 22.3. The Hall–Kier alpha value is -2.42. The molecule has 1 heterocycles. The van der Waals surface area contributed by atoms with Gasteiger partial charge in [0.05, 0.1) is 4.90 Å². The van der Waals surface area contributed by atoms with Gasteiger partial charge in [0.2, 0.25) is 21.8 Å². The van der Waals surface area contributed by atoms with Gasteiger partial charge in [0.15, 0.2) is 0 Å². The molecule has 7 nitrogen and oxygen atoms in total. The number of sulfonamides is 1. The zero-order chi connectivity index (χ0) is 21.9. The molecule has 30 heavy (non-hydrogen) atoms. The Morgan fingerprint density at radius 1 is 1.20 bits per heavy atom. The van der Waals surface area contributed by atoms with Crippen LogP contribution in [0, 0.1) is 0 Å². The maximum Gasteiger partial charge on any atom is 0.240 e. The number of hydrogen-bond acceptors (Lipinski definition) is 4. The van der Waals surface area contributed by atoms with Gasteiger partial charge in [0, 0.05) is 43.2 Å². The summed E-state index contributed by atoms with van der Waals surface area (Å²) < 4.78 is 27.6. The van der Waals surface area contributed by atoms with Crippen molar-refractivity contribution in [1.82, 2.24) is 10.0 Å². The minimum absolute atomic E-state index is 0.00374. The second-order valence-corrected chi connectivity index (χ2v) is 9.42. The number of halogens is 1. The molecule has 0 radical (unpaired) electrons. The number of nitrogens with zero attached hydrogens (tertiary/aromatic N) is 1. The van der Waals surface area contributed by atoms with Gasteiger partial charge in [0.25, 0.3) is 0 Å². The fourth-order valence-electron chi connectivity index (χ4n) is 3.56. The second-order valence-electron chi connectivity index (χ2n) is 7.25. The first-order chi connectivity index (χ1) is 14.2. The third-order valence-electron chi connectivity index (χ3n) is 4.99. The number of nitrogens with one attached hydrogen (secondary N) is 2. The lowest BCUT2D eigenvalue weighted by molar-refractivity contribution is -0.121. The SMILES string of the molecule is CC(=O)N1c2ccc(S(=O)(=O)NCCC(=O)NCc3ccccc3Cl)cc2C[C@@H]1C. The lowest BCUT2D eigenvalue weighted by Crippen LogP contribution is -2.33. The van der Waals surface area contributed by atoms with Gasteiger partial charge in [-0.25, -0.2) is 13.1 Å². The van der Waals surface area contributed by atoms with Crippen molar-refractivity contribution in [3.63, 3.8) is 0 Å². The van der Waals surface area contributed by atoms with E-state index in [0.29, 0.717) is 11.4 Å². The van der Waals surface area contributed by atoms with Crippen molar-refractivity contribution in [3.05, 3.63) is 58.6 Å². The molecule has 1 aliphatic heterocycles. The molecule has 1 atom stereocenters. The predicted octanol–water partition coefficient (Wildman–Crippen LogP) is 2.62. The summed E-state index contributed by atoms with van der Waals surface area (Å²) in [5.74, 6) is -0.352. The Bertz CT molecular complexity index is 1070. The maximum absolute atomic E-state index is 12.6. The highest BCUT2D eigenvalue weighted by Gasteiger charge is 2.30. The van der Waals surface area contributed by atoms with Gasteiger partial charge in [-0.1, -0.05) is 29.8 Å². The number of rotatable bonds is 7. The van der Waals surface area contributed by atoms with Gasteiger partial charge in [-0.3, -0.25) is 9.59 Å². The van der Waals surface area contributed by atoms with E-state index in [1.165, 1.54) is 13.0 Å². The molecule has 0 aromatic heterocycles. The van der Waals surface area contributed by atoms with E-state index in [-0.39, 0.29) is 42.3 Å². The van der Waals surface area contributed by atoms with E-state index in [1.807, 2.05) is 19.1 Å². The smallest absolute Gasteiger partial charge is 0.240 e. The first-order valence-corrected chi connectivity index (χ1v) is 11.5. The van der Waals surface area contributed by atoms with Crippen LogP contribution in [0.15, 0.2) is 47.4 Å². The zero-order valence-electron chi connectivity index (χ0n) is 16.8. The second kappa shape index (κ2) is 9.16. The van der Waals surface area contributed by atoms with Crippen LogP contribution < -0.4 is 14.9 Å². The first-order valence-electron chi connectivity index (χ1n) is 9.61. The molecule has 2 aromatic carbocycles. The van der Waals surface area contributed by atoms with E-state index in [1.54, 1.807) is 29.2 Å². The van der Waals surface area contributed by atoms with Crippen LogP contribution in [0.1, 0.15) is 31.4 Å². The topological polar surface area (TPSA) is 95.6 Å². The lowest BCUT2D eigenvalue weighted by atomic mass is 10.1. The summed E-state index contributed by atoms with van der Waals surface area (Å²) in [6, 6.07) is 11.9. The van der Waals surface area contributed by atoms with Crippen molar-refractivity contribution >= 4 is 39.1 Å². The molecule has 0 aliphatic carbocycles. The number of anilines is 1. The molecule has 3 rings (SSSR count). The molecule has 1 aliphatic rings. The van der Waals surface area contributed by atoms with Gasteiger partial charge in [-0.2, -0.15) is 0 Å². The van der Waals surface area contributed by atoms with Crippen molar-refractivity contribution in [3.8, 4) is 0 Å². The molecule has 9 heteroatoms. The van der Waals surface area contributed by atoms with E-state index in [4.69, 9.17) is 11.6 Å². The van der Waals surface area contributed by atoms with Crippen LogP contribution in [-0.4, -0.2) is 32.8 Å². The van der Waals surface area contributed by atoms with Crippen molar-refractivity contribution in [2.45, 2.75) is 44.2 Å². The van der Waals surface area contributed by atoms with Crippen molar-refractivity contribution in [1.29, 1.82) is 0 Å². The van der Waals surface area contributed by atoms with E-state index in [9.17, 15) is 18.0 Å². The Morgan fingerprint density at radius 3 is 2.63 bits per heavy atom. The highest BCUT2D eigenvalue weighted by Crippen LogP contribution is 2.33. The van der Waals surface area contributed by atoms with E-state index in [0.717, 1.165) is 16.8 Å². The Kier molecular flexibility index (Phi) is 6.80. The lowest BCUT2D eigenvalue weighted by Gasteiger charge is -2.20. The Labute approximate surface area is 181 Å². The molecule has 2 amide bonds. The average molecular weight is 450 g/mol. The molecule has 160 valence electrons. The largest absolute Gasteiger partial charge is 0.352 e. The fraction of sp³-hybridized carbons (Fsp3) is 0.333. The van der Waals surface area contributed by atoms with Crippen LogP contribution in [0.3, 0.4) is 0 Å². The van der Waals surface area contributed by atoms with Crippen LogP contribution >= 0.6 is 11.6 Å². The summed E-state index contributed by atoms with van der Waals surface area (Å²) in [7, 11) is -3.76. The van der Waals surface area contributed by atoms with Crippen LogP contribution in [0.2, 0.25) is 5.02 Å². The summed E-state index contributed by atoms with van der Waals surface area (Å²) >= 11 is 6.05. The van der Waals surface area contributed by atoms with E-state index < -0.39 is 10.0 Å². The third-order valence-corrected chi connectivity index (χ3v) is 6.82. The maximum atomic E-state index is 12.6. The van der Waals surface area contributed by atoms with Crippen molar-refractivity contribution in [2.24, 2.45) is 0 Å². The molecular weight excluding hydrogens is 426 g/mol. The predicted molar refractivity (Wildman–Crippen MR) is 116 cm³/mol. The summed E-state index contributed by atoms with van der Waals surface area (Å²) in [6.07, 6.45) is 0.604. The van der Waals surface area contributed by atoms with E-state index in [2.05, 4.69) is 10.0 Å². The standard InChI is InChI=1S/C21H24ClN3O4S/c1-14-11-17-12-18(7-8-20(17)25(14)15(2)26)30(28,29)24-10-9-21(27)23-13-16-5-3-4-6-19(16)22/h3-8,12,14,24H,9-11,13H2,1-2H3,(H,23,27)/t14-/m0/s1. The molecule has 0 unspecified atom stereocenters. The molecule has 2 N–H and O–H groups in total. The van der Waals surface area contributed by atoms with Crippen molar-refractivity contribution < 1.29 is 18.0 Å².